The van der Waals surface area contributed by atoms with Gasteiger partial charge >= 0.3 is 0 Å². The number of aliphatic hydroxyl groups excluding tert-OH is 1. The standard InChI is InChI=1S/C30H38N4O3/c1-4-6-21-8-13-25(14-9-21)34-19-28(31-32-34)23-12-15-27(26(17-23)22-10-11-22)30(36,37)33-16-5-7-24(18-33)29(2,3)20-35/h4,6,8-9,12-15,17,19,22,24,35-37H,5,7,10-11,16,18,20H2,1-3H3/b6-4+/t24-/m0/s1. The zero-order chi connectivity index (χ0) is 26.2. The van der Waals surface area contributed by atoms with E-state index >= 15 is 0 Å². The molecule has 2 fully saturated rings. The first-order valence-electron chi connectivity index (χ1n) is 13.3. The summed E-state index contributed by atoms with van der Waals surface area (Å²) in [5.74, 6) is -1.56. The third kappa shape index (κ3) is 5.27. The Morgan fingerprint density at radius 3 is 2.49 bits per heavy atom. The van der Waals surface area contributed by atoms with Crippen LogP contribution in [0.25, 0.3) is 23.0 Å². The molecule has 3 aromatic rings. The molecule has 1 saturated carbocycles. The number of rotatable bonds is 8. The fourth-order valence-electron chi connectivity index (χ4n) is 5.41. The molecule has 1 atom stereocenters. The van der Waals surface area contributed by atoms with Gasteiger partial charge in [0.25, 0.3) is 5.91 Å². The van der Waals surface area contributed by atoms with Gasteiger partial charge in [-0.05, 0) is 79.2 Å². The van der Waals surface area contributed by atoms with Crippen LogP contribution >= 0.6 is 0 Å². The van der Waals surface area contributed by atoms with Gasteiger partial charge in [-0.25, -0.2) is 9.58 Å². The van der Waals surface area contributed by atoms with Crippen molar-refractivity contribution in [2.24, 2.45) is 11.3 Å². The van der Waals surface area contributed by atoms with Gasteiger partial charge in [0.1, 0.15) is 5.69 Å². The molecule has 0 bridgehead atoms. The summed E-state index contributed by atoms with van der Waals surface area (Å²) in [6.45, 7) is 7.32. The molecule has 0 spiro atoms. The molecule has 1 aromatic heterocycles. The highest BCUT2D eigenvalue weighted by molar-refractivity contribution is 5.62. The van der Waals surface area contributed by atoms with Crippen molar-refractivity contribution in [2.75, 3.05) is 19.7 Å². The van der Waals surface area contributed by atoms with Crippen LogP contribution in [0.4, 0.5) is 0 Å². The van der Waals surface area contributed by atoms with Crippen molar-refractivity contribution < 1.29 is 15.3 Å². The number of hydrogen-bond donors (Lipinski definition) is 3. The van der Waals surface area contributed by atoms with Crippen LogP contribution in [0, 0.1) is 11.3 Å². The van der Waals surface area contributed by atoms with Crippen molar-refractivity contribution in [3.63, 3.8) is 0 Å². The first-order chi connectivity index (χ1) is 17.7. The number of nitrogens with zero attached hydrogens (tertiary/aromatic N) is 4. The number of hydrogen-bond acceptors (Lipinski definition) is 6. The maximum absolute atomic E-state index is 11.5. The van der Waals surface area contributed by atoms with Gasteiger partial charge in [0, 0.05) is 30.8 Å². The Hall–Kier alpha value is -2.84. The normalized spacial score (nSPS) is 19.6. The van der Waals surface area contributed by atoms with Crippen LogP contribution in [0.3, 0.4) is 0 Å². The smallest absolute Gasteiger partial charge is 0.253 e. The molecule has 196 valence electrons. The zero-order valence-corrected chi connectivity index (χ0v) is 22.0. The summed E-state index contributed by atoms with van der Waals surface area (Å²) < 4.78 is 1.76. The Morgan fingerprint density at radius 2 is 1.81 bits per heavy atom. The first kappa shape index (κ1) is 25.8. The second kappa shape index (κ2) is 10.1. The maximum atomic E-state index is 11.5. The third-order valence-electron chi connectivity index (χ3n) is 8.11. The predicted molar refractivity (Wildman–Crippen MR) is 145 cm³/mol. The highest BCUT2D eigenvalue weighted by Crippen LogP contribution is 2.46. The monoisotopic (exact) mass is 502 g/mol. The van der Waals surface area contributed by atoms with Gasteiger partial charge in [0.2, 0.25) is 0 Å². The van der Waals surface area contributed by atoms with Gasteiger partial charge in [-0.1, -0.05) is 55.5 Å². The average Bonchev–Trinajstić information content (AvgIpc) is 3.65. The van der Waals surface area contributed by atoms with E-state index in [-0.39, 0.29) is 17.9 Å². The van der Waals surface area contributed by atoms with E-state index < -0.39 is 5.91 Å². The molecule has 7 heteroatoms. The number of aliphatic hydroxyl groups is 3. The van der Waals surface area contributed by atoms with Crippen molar-refractivity contribution in [3.05, 3.63) is 71.4 Å². The Balaban J connectivity index is 1.42. The molecule has 37 heavy (non-hydrogen) atoms. The van der Waals surface area contributed by atoms with Gasteiger partial charge in [-0.3, -0.25) is 0 Å². The summed E-state index contributed by atoms with van der Waals surface area (Å²) in [6, 6.07) is 13.9. The molecule has 0 amide bonds. The Morgan fingerprint density at radius 1 is 1.05 bits per heavy atom. The molecule has 1 aliphatic carbocycles. The van der Waals surface area contributed by atoms with Crippen molar-refractivity contribution in [1.29, 1.82) is 0 Å². The van der Waals surface area contributed by atoms with Gasteiger partial charge in [-0.15, -0.1) is 5.10 Å². The van der Waals surface area contributed by atoms with Crippen LogP contribution in [-0.4, -0.2) is 54.9 Å². The second-order valence-corrected chi connectivity index (χ2v) is 11.3. The fraction of sp³-hybridized carbons (Fsp3) is 0.467. The topological polar surface area (TPSA) is 94.6 Å². The largest absolute Gasteiger partial charge is 0.396 e. The number of aromatic nitrogens is 3. The molecule has 1 saturated heterocycles. The van der Waals surface area contributed by atoms with Gasteiger partial charge in [0.15, 0.2) is 0 Å². The van der Waals surface area contributed by atoms with Gasteiger partial charge in [0.05, 0.1) is 11.9 Å². The minimum absolute atomic E-state index is 0.0813. The van der Waals surface area contributed by atoms with E-state index in [2.05, 4.69) is 22.5 Å². The summed E-state index contributed by atoms with van der Waals surface area (Å²) in [4.78, 5) is 1.77. The molecule has 0 unspecified atom stereocenters. The Kier molecular flexibility index (Phi) is 7.07. The lowest BCUT2D eigenvalue weighted by molar-refractivity contribution is -0.285. The molecule has 3 N–H and O–H groups in total. The van der Waals surface area contributed by atoms with Crippen LogP contribution in [0.5, 0.6) is 0 Å². The highest BCUT2D eigenvalue weighted by atomic mass is 16.5. The van der Waals surface area contributed by atoms with Gasteiger partial charge < -0.3 is 15.3 Å². The lowest BCUT2D eigenvalue weighted by atomic mass is 9.75. The van der Waals surface area contributed by atoms with E-state index in [0.717, 1.165) is 53.8 Å². The maximum Gasteiger partial charge on any atom is 0.253 e. The minimum atomic E-state index is -2.06. The van der Waals surface area contributed by atoms with E-state index in [1.54, 1.807) is 9.58 Å². The lowest BCUT2D eigenvalue weighted by Gasteiger charge is -2.45. The van der Waals surface area contributed by atoms with E-state index in [0.29, 0.717) is 24.6 Å². The zero-order valence-electron chi connectivity index (χ0n) is 22.0. The Labute approximate surface area is 219 Å². The molecular weight excluding hydrogens is 464 g/mol. The molecule has 2 aromatic carbocycles. The summed E-state index contributed by atoms with van der Waals surface area (Å²) in [6.07, 6.45) is 9.90. The fourth-order valence-corrected chi connectivity index (χ4v) is 5.41. The van der Waals surface area contributed by atoms with Crippen LogP contribution in [0.2, 0.25) is 0 Å². The van der Waals surface area contributed by atoms with E-state index in [1.807, 2.05) is 69.4 Å². The minimum Gasteiger partial charge on any atom is -0.396 e. The summed E-state index contributed by atoms with van der Waals surface area (Å²) in [5, 5.41) is 41.6. The van der Waals surface area contributed by atoms with Gasteiger partial charge in [-0.2, -0.15) is 0 Å². The number of likely N-dealkylation sites (tertiary alicyclic amines) is 1. The third-order valence-corrected chi connectivity index (χ3v) is 8.11. The molecule has 2 aliphatic rings. The quantitative estimate of drug-likeness (QED) is 0.388. The molecule has 0 radical (unpaired) electrons. The van der Waals surface area contributed by atoms with E-state index in [9.17, 15) is 15.3 Å². The highest BCUT2D eigenvalue weighted by Gasteiger charge is 2.43. The summed E-state index contributed by atoms with van der Waals surface area (Å²) in [7, 11) is 0. The second-order valence-electron chi connectivity index (χ2n) is 11.3. The van der Waals surface area contributed by atoms with Crippen LogP contribution < -0.4 is 0 Å². The first-order valence-corrected chi connectivity index (χ1v) is 13.3. The Bertz CT molecular complexity index is 1260. The lowest BCUT2D eigenvalue weighted by Crippen LogP contribution is -2.53. The summed E-state index contributed by atoms with van der Waals surface area (Å²) in [5.41, 5.74) is 4.97. The van der Waals surface area contributed by atoms with Crippen molar-refractivity contribution in [1.82, 2.24) is 19.9 Å². The SMILES string of the molecule is C/C=C/c1ccc(-n2cc(-c3ccc(C(O)(O)N4CCC[C@H](C(C)(C)CO)C4)c(C4CC4)c3)nn2)cc1. The van der Waals surface area contributed by atoms with E-state index in [1.165, 1.54) is 0 Å². The van der Waals surface area contributed by atoms with Crippen molar-refractivity contribution in [2.45, 2.75) is 58.3 Å². The molecule has 5 rings (SSSR count). The number of benzene rings is 2. The summed E-state index contributed by atoms with van der Waals surface area (Å²) >= 11 is 0. The predicted octanol–water partition coefficient (Wildman–Crippen LogP) is 4.67. The van der Waals surface area contributed by atoms with Crippen molar-refractivity contribution >= 4 is 6.08 Å². The molecule has 1 aliphatic heterocycles. The van der Waals surface area contributed by atoms with Crippen LogP contribution in [0.15, 0.2) is 54.7 Å². The molecule has 2 heterocycles. The van der Waals surface area contributed by atoms with Crippen LogP contribution in [-0.2, 0) is 5.91 Å². The number of piperidine rings is 1. The number of allylic oxidation sites excluding steroid dienone is 1. The van der Waals surface area contributed by atoms with E-state index in [4.69, 9.17) is 0 Å². The van der Waals surface area contributed by atoms with Crippen LogP contribution in [0.1, 0.15) is 69.1 Å². The molecular formula is C30H38N4O3. The average molecular weight is 503 g/mol. The molecule has 7 nitrogen and oxygen atoms in total. The van der Waals surface area contributed by atoms with Crippen molar-refractivity contribution in [3.8, 4) is 16.9 Å².